The van der Waals surface area contributed by atoms with Crippen LogP contribution in [0.5, 0.6) is 5.75 Å². The van der Waals surface area contributed by atoms with Crippen molar-refractivity contribution in [3.63, 3.8) is 0 Å². The molecule has 3 aliphatic rings. The second-order valence-corrected chi connectivity index (χ2v) is 12.6. The zero-order valence-electron chi connectivity index (χ0n) is 21.2. The molecule has 1 aromatic heterocycles. The van der Waals surface area contributed by atoms with Crippen LogP contribution in [0.25, 0.3) is 0 Å². The van der Waals surface area contributed by atoms with Crippen molar-refractivity contribution in [3.8, 4) is 5.75 Å². The van der Waals surface area contributed by atoms with Gasteiger partial charge < -0.3 is 9.64 Å². The summed E-state index contributed by atoms with van der Waals surface area (Å²) in [5, 5.41) is 4.61. The number of nitrogens with zero attached hydrogens (tertiary/aromatic N) is 4. The third-order valence-electron chi connectivity index (χ3n) is 8.08. The highest BCUT2D eigenvalue weighted by Gasteiger charge is 2.32. The molecule has 0 spiro atoms. The van der Waals surface area contributed by atoms with Crippen LogP contribution >= 0.6 is 0 Å². The fourth-order valence-corrected chi connectivity index (χ4v) is 7.40. The number of sulfonamides is 1. The van der Waals surface area contributed by atoms with Gasteiger partial charge >= 0.3 is 5.56 Å². The van der Waals surface area contributed by atoms with Gasteiger partial charge in [-0.2, -0.15) is 9.40 Å². The van der Waals surface area contributed by atoms with Crippen LogP contribution in [0, 0.1) is 5.92 Å². The average Bonchev–Trinajstić information content (AvgIpc) is 3.30. The van der Waals surface area contributed by atoms with Crippen molar-refractivity contribution in [2.24, 2.45) is 5.92 Å². The average molecular weight is 515 g/mol. The Labute approximate surface area is 214 Å². The summed E-state index contributed by atoms with van der Waals surface area (Å²) in [5.41, 5.74) is 1.35. The number of aromatic nitrogens is 2. The highest BCUT2D eigenvalue weighted by atomic mass is 32.2. The first-order valence-electron chi connectivity index (χ1n) is 13.5. The summed E-state index contributed by atoms with van der Waals surface area (Å²) in [6, 6.07) is 9.42. The molecule has 3 fully saturated rings. The number of benzene rings is 1. The molecular formula is C27H38N4O4S. The first kappa shape index (κ1) is 25.3. The molecule has 1 aromatic carbocycles. The zero-order chi connectivity index (χ0) is 25.1. The van der Waals surface area contributed by atoms with E-state index in [-0.39, 0.29) is 23.5 Å². The Morgan fingerprint density at radius 1 is 0.944 bits per heavy atom. The summed E-state index contributed by atoms with van der Waals surface area (Å²) < 4.78 is 35.7. The molecule has 0 bridgehead atoms. The topological polar surface area (TPSA) is 84.7 Å². The maximum absolute atomic E-state index is 13.7. The SMILES string of the molecule is C[C@@H]1CCC[C@H]1Oc1c(N2CCN(S(=O)(=O)Cc3ccccc3)CC2)cnn(C2CCCCC2)c1=O. The van der Waals surface area contributed by atoms with Gasteiger partial charge in [-0.05, 0) is 43.6 Å². The van der Waals surface area contributed by atoms with E-state index in [0.717, 1.165) is 50.5 Å². The van der Waals surface area contributed by atoms with Crippen LogP contribution in [0.2, 0.25) is 0 Å². The molecule has 2 aromatic rings. The lowest BCUT2D eigenvalue weighted by molar-refractivity contribution is 0.162. The first-order valence-corrected chi connectivity index (χ1v) is 15.1. The van der Waals surface area contributed by atoms with E-state index >= 15 is 0 Å². The number of piperazine rings is 1. The Bertz CT molecular complexity index is 1190. The minimum absolute atomic E-state index is 0.000753. The molecule has 2 heterocycles. The summed E-state index contributed by atoms with van der Waals surface area (Å²) in [6.07, 6.45) is 10.4. The van der Waals surface area contributed by atoms with Crippen molar-refractivity contribution in [1.82, 2.24) is 14.1 Å². The number of hydrogen-bond donors (Lipinski definition) is 0. The summed E-state index contributed by atoms with van der Waals surface area (Å²) in [7, 11) is -3.41. The van der Waals surface area contributed by atoms with E-state index in [4.69, 9.17) is 4.74 Å². The fourth-order valence-electron chi connectivity index (χ4n) is 5.88. The Kier molecular flexibility index (Phi) is 7.67. The summed E-state index contributed by atoms with van der Waals surface area (Å²) in [4.78, 5) is 15.8. The van der Waals surface area contributed by atoms with E-state index in [1.54, 1.807) is 15.2 Å². The van der Waals surface area contributed by atoms with Gasteiger partial charge in [-0.15, -0.1) is 0 Å². The number of ether oxygens (including phenoxy) is 1. The number of hydrogen-bond acceptors (Lipinski definition) is 6. The van der Waals surface area contributed by atoms with Gasteiger partial charge in [0.15, 0.2) is 0 Å². The van der Waals surface area contributed by atoms with Crippen molar-refractivity contribution in [2.75, 3.05) is 31.1 Å². The normalized spacial score (nSPS) is 24.2. The molecular weight excluding hydrogens is 476 g/mol. The zero-order valence-corrected chi connectivity index (χ0v) is 22.0. The van der Waals surface area contributed by atoms with Crippen molar-refractivity contribution in [2.45, 2.75) is 76.2 Å². The Hall–Kier alpha value is -2.39. The second kappa shape index (κ2) is 10.9. The molecule has 8 nitrogen and oxygen atoms in total. The second-order valence-electron chi connectivity index (χ2n) is 10.6. The molecule has 0 unspecified atom stereocenters. The predicted molar refractivity (Wildman–Crippen MR) is 141 cm³/mol. The highest BCUT2D eigenvalue weighted by molar-refractivity contribution is 7.88. The third kappa shape index (κ3) is 5.47. The molecule has 0 N–H and O–H groups in total. The van der Waals surface area contributed by atoms with Crippen molar-refractivity contribution in [1.29, 1.82) is 0 Å². The van der Waals surface area contributed by atoms with Gasteiger partial charge in [-0.3, -0.25) is 4.79 Å². The van der Waals surface area contributed by atoms with Crippen molar-refractivity contribution in [3.05, 3.63) is 52.4 Å². The quantitative estimate of drug-likeness (QED) is 0.556. The lowest BCUT2D eigenvalue weighted by atomic mass is 9.96. The first-order chi connectivity index (χ1) is 17.4. The van der Waals surface area contributed by atoms with E-state index in [9.17, 15) is 13.2 Å². The van der Waals surface area contributed by atoms with Crippen molar-refractivity contribution >= 4 is 15.7 Å². The van der Waals surface area contributed by atoms with Gasteiger partial charge in [-0.25, -0.2) is 13.1 Å². The number of anilines is 1. The van der Waals surface area contributed by atoms with Crippen LogP contribution in [0.1, 0.15) is 69.9 Å². The lowest BCUT2D eigenvalue weighted by Crippen LogP contribution is -2.49. The minimum Gasteiger partial charge on any atom is -0.483 e. The van der Waals surface area contributed by atoms with Crippen LogP contribution < -0.4 is 15.2 Å². The van der Waals surface area contributed by atoms with Crippen LogP contribution in [0.4, 0.5) is 5.69 Å². The molecule has 0 amide bonds. The molecule has 1 saturated heterocycles. The number of rotatable bonds is 7. The van der Waals surface area contributed by atoms with Gasteiger partial charge in [0.25, 0.3) is 0 Å². The highest BCUT2D eigenvalue weighted by Crippen LogP contribution is 2.34. The maximum atomic E-state index is 13.7. The Morgan fingerprint density at radius 3 is 2.33 bits per heavy atom. The summed E-state index contributed by atoms with van der Waals surface area (Å²) in [6.45, 7) is 3.94. The fraction of sp³-hybridized carbons (Fsp3) is 0.630. The molecule has 5 rings (SSSR count). The maximum Gasteiger partial charge on any atom is 0.311 e. The molecule has 2 atom stereocenters. The molecule has 0 radical (unpaired) electrons. The largest absolute Gasteiger partial charge is 0.483 e. The standard InChI is InChI=1S/C27H38N4O4S/c1-21-9-8-14-25(21)35-26-24(19-28-31(27(26)32)23-12-6-3-7-13-23)29-15-17-30(18-16-29)36(33,34)20-22-10-4-2-5-11-22/h2,4-5,10-11,19,21,23,25H,3,6-9,12-18,20H2,1H3/t21-,25-/m1/s1. The molecule has 2 saturated carbocycles. The van der Waals surface area contributed by atoms with E-state index in [2.05, 4.69) is 16.9 Å². The van der Waals surface area contributed by atoms with Gasteiger partial charge in [0, 0.05) is 26.2 Å². The van der Waals surface area contributed by atoms with Crippen LogP contribution in [-0.2, 0) is 15.8 Å². The van der Waals surface area contributed by atoms with Crippen LogP contribution in [-0.4, -0.2) is 54.8 Å². The predicted octanol–water partition coefficient (Wildman–Crippen LogP) is 3.97. The van der Waals surface area contributed by atoms with Crippen LogP contribution in [0.3, 0.4) is 0 Å². The minimum atomic E-state index is -3.41. The van der Waals surface area contributed by atoms with Gasteiger partial charge in [0.05, 0.1) is 18.0 Å². The lowest BCUT2D eigenvalue weighted by Gasteiger charge is -2.36. The van der Waals surface area contributed by atoms with E-state index in [0.29, 0.717) is 43.5 Å². The van der Waals surface area contributed by atoms with E-state index in [1.165, 1.54) is 6.42 Å². The molecule has 1 aliphatic heterocycles. The Balaban J connectivity index is 1.36. The van der Waals surface area contributed by atoms with E-state index in [1.807, 2.05) is 30.3 Å². The van der Waals surface area contributed by atoms with Crippen molar-refractivity contribution < 1.29 is 13.2 Å². The summed E-state index contributed by atoms with van der Waals surface area (Å²) in [5.74, 6) is 0.809. The van der Waals surface area contributed by atoms with E-state index < -0.39 is 10.0 Å². The molecule has 9 heteroatoms. The smallest absolute Gasteiger partial charge is 0.311 e. The van der Waals surface area contributed by atoms with Gasteiger partial charge in [0.1, 0.15) is 11.8 Å². The summed E-state index contributed by atoms with van der Waals surface area (Å²) >= 11 is 0. The third-order valence-corrected chi connectivity index (χ3v) is 9.93. The van der Waals surface area contributed by atoms with Crippen LogP contribution in [0.15, 0.2) is 41.3 Å². The molecule has 196 valence electrons. The monoisotopic (exact) mass is 514 g/mol. The Morgan fingerprint density at radius 2 is 1.67 bits per heavy atom. The van der Waals surface area contributed by atoms with Gasteiger partial charge in [-0.1, -0.05) is 56.5 Å². The molecule has 2 aliphatic carbocycles. The van der Waals surface area contributed by atoms with Gasteiger partial charge in [0.2, 0.25) is 15.8 Å². The molecule has 36 heavy (non-hydrogen) atoms.